The topological polar surface area (TPSA) is 29.6 Å². The zero-order valence-electron chi connectivity index (χ0n) is 29.2. The quantitative estimate of drug-likeness (QED) is 0.131. The highest BCUT2D eigenvalue weighted by Gasteiger charge is 2.21. The van der Waals surface area contributed by atoms with Crippen molar-refractivity contribution >= 4 is 60.6 Å². The van der Waals surface area contributed by atoms with Crippen molar-refractivity contribution < 1.29 is 0 Å². The lowest BCUT2D eigenvalue weighted by atomic mass is 9.97. The normalized spacial score (nSPS) is 13.7. The highest BCUT2D eigenvalue weighted by atomic mass is 15.0. The van der Waals surface area contributed by atoms with Gasteiger partial charge in [-0.15, -0.1) is 0 Å². The van der Waals surface area contributed by atoms with E-state index in [2.05, 4.69) is 157 Å². The van der Waals surface area contributed by atoms with E-state index in [0.29, 0.717) is 11.5 Å². The summed E-state index contributed by atoms with van der Waals surface area (Å²) in [6, 6.07) is 62.8. The first-order valence-electron chi connectivity index (χ1n) is 18.2. The van der Waals surface area contributed by atoms with Gasteiger partial charge in [-0.05, 0) is 80.9 Å². The van der Waals surface area contributed by atoms with Crippen LogP contribution in [0.25, 0.3) is 65.9 Å². The Kier molecular flexibility index (Phi) is 7.43. The Morgan fingerprint density at radius 1 is 0.491 bits per heavy atom. The molecule has 0 atom stereocenters. The van der Waals surface area contributed by atoms with Gasteiger partial charge in [-0.25, -0.2) is 9.98 Å². The molecule has 0 spiro atoms. The van der Waals surface area contributed by atoms with E-state index in [1.165, 1.54) is 54.5 Å². The van der Waals surface area contributed by atoms with E-state index < -0.39 is 0 Å². The average molecular weight is 678 g/mol. The van der Waals surface area contributed by atoms with Crippen LogP contribution < -0.4 is 0 Å². The Bertz CT molecular complexity index is 2940. The van der Waals surface area contributed by atoms with Gasteiger partial charge in [0.2, 0.25) is 0 Å². The lowest BCUT2D eigenvalue weighted by Crippen LogP contribution is -2.11. The van der Waals surface area contributed by atoms with Gasteiger partial charge in [-0.1, -0.05) is 158 Å². The zero-order valence-corrected chi connectivity index (χ0v) is 29.2. The maximum Gasteiger partial charge on any atom is 0.160 e. The molecule has 0 amide bonds. The Hall–Kier alpha value is -6.84. The molecule has 9 aromatic rings. The van der Waals surface area contributed by atoms with E-state index in [0.717, 1.165) is 46.5 Å². The van der Waals surface area contributed by atoms with E-state index in [1.807, 2.05) is 30.3 Å². The van der Waals surface area contributed by atoms with Crippen molar-refractivity contribution in [2.75, 3.05) is 0 Å². The van der Waals surface area contributed by atoms with E-state index in [9.17, 15) is 0 Å². The molecule has 3 nitrogen and oxygen atoms in total. The number of fused-ring (bicyclic) bond motifs is 8. The molecule has 0 saturated carbocycles. The molecule has 2 heterocycles. The minimum atomic E-state index is 0.646. The third kappa shape index (κ3) is 5.46. The molecule has 0 radical (unpaired) electrons. The van der Waals surface area contributed by atoms with Crippen molar-refractivity contribution in [1.82, 2.24) is 4.57 Å². The predicted octanol–water partition coefficient (Wildman–Crippen LogP) is 12.6. The van der Waals surface area contributed by atoms with Crippen molar-refractivity contribution in [2.24, 2.45) is 9.98 Å². The highest BCUT2D eigenvalue weighted by Crippen LogP contribution is 2.38. The maximum atomic E-state index is 5.52. The van der Waals surface area contributed by atoms with Gasteiger partial charge in [0.05, 0.1) is 28.1 Å². The summed E-state index contributed by atoms with van der Waals surface area (Å²) in [6.45, 7) is 4.41. The monoisotopic (exact) mass is 677 g/mol. The minimum Gasteiger partial charge on any atom is -0.309 e. The summed E-state index contributed by atoms with van der Waals surface area (Å²) < 4.78 is 2.44. The SMILES string of the molecule is C=C(/N=C(\N=C1/CCc2ccc3c4cc5ccccc5cc4n(c3c2)-c2ccccc21)c1ccc(-c2cccc3ccccc23)cc1)c1ccccc1. The zero-order chi connectivity index (χ0) is 35.3. The summed E-state index contributed by atoms with van der Waals surface area (Å²) in [6.07, 6.45) is 1.62. The fourth-order valence-electron chi connectivity index (χ4n) is 7.97. The number of para-hydroxylation sites is 1. The molecule has 1 aliphatic rings. The summed E-state index contributed by atoms with van der Waals surface area (Å²) in [5, 5.41) is 7.46. The molecule has 0 aliphatic carbocycles. The number of benzene rings is 8. The van der Waals surface area contributed by atoms with Gasteiger partial charge in [0, 0.05) is 21.9 Å². The van der Waals surface area contributed by atoms with Crippen LogP contribution in [0, 0.1) is 0 Å². The molecule has 1 aromatic heterocycles. The first-order chi connectivity index (χ1) is 26.2. The number of aryl methyl sites for hydroxylation is 1. The molecule has 0 unspecified atom stereocenters. The molecule has 250 valence electrons. The van der Waals surface area contributed by atoms with Gasteiger partial charge < -0.3 is 4.57 Å². The molecular formula is C50H35N3. The van der Waals surface area contributed by atoms with Crippen molar-refractivity contribution in [2.45, 2.75) is 12.8 Å². The van der Waals surface area contributed by atoms with Gasteiger partial charge in [0.25, 0.3) is 0 Å². The predicted molar refractivity (Wildman–Crippen MR) is 225 cm³/mol. The fourth-order valence-corrected chi connectivity index (χ4v) is 7.97. The van der Waals surface area contributed by atoms with Crippen molar-refractivity contribution in [3.63, 3.8) is 0 Å². The molecule has 1 aliphatic heterocycles. The minimum absolute atomic E-state index is 0.646. The molecule has 53 heavy (non-hydrogen) atoms. The van der Waals surface area contributed by atoms with Crippen molar-refractivity contribution in [3.8, 4) is 16.8 Å². The van der Waals surface area contributed by atoms with Crippen molar-refractivity contribution in [3.05, 3.63) is 205 Å². The number of amidine groups is 1. The average Bonchev–Trinajstić information content (AvgIpc) is 3.54. The largest absolute Gasteiger partial charge is 0.309 e. The Balaban J connectivity index is 1.16. The third-order valence-electron chi connectivity index (χ3n) is 10.6. The van der Waals surface area contributed by atoms with Crippen molar-refractivity contribution in [1.29, 1.82) is 0 Å². The highest BCUT2D eigenvalue weighted by molar-refractivity contribution is 6.18. The van der Waals surface area contributed by atoms with Crippen LogP contribution in [0.15, 0.2) is 192 Å². The van der Waals surface area contributed by atoms with Crippen LogP contribution in [-0.4, -0.2) is 16.1 Å². The molecule has 0 saturated heterocycles. The summed E-state index contributed by atoms with van der Waals surface area (Å²) >= 11 is 0. The second-order valence-electron chi connectivity index (χ2n) is 13.8. The molecule has 3 heteroatoms. The van der Waals surface area contributed by atoms with E-state index in [1.54, 1.807) is 0 Å². The number of aliphatic imine (C=N–C) groups is 2. The number of rotatable bonds is 4. The summed E-state index contributed by atoms with van der Waals surface area (Å²) in [4.78, 5) is 10.7. The summed E-state index contributed by atoms with van der Waals surface area (Å²) in [7, 11) is 0. The maximum absolute atomic E-state index is 5.52. The van der Waals surface area contributed by atoms with E-state index >= 15 is 0 Å². The van der Waals surface area contributed by atoms with Crippen LogP contribution in [0.3, 0.4) is 0 Å². The second kappa shape index (κ2) is 12.7. The van der Waals surface area contributed by atoms with Crippen LogP contribution in [0.4, 0.5) is 0 Å². The van der Waals surface area contributed by atoms with Crippen LogP contribution >= 0.6 is 0 Å². The van der Waals surface area contributed by atoms with Gasteiger partial charge in [0.15, 0.2) is 5.84 Å². The standard InChI is InChI=1S/C50H35N3/c1-33(35-12-3-2-4-13-35)51-50(38-26-24-37(25-27-38)42-20-11-17-36-14-7-8-18-41(36)42)52-46-29-23-34-22-28-43-45-31-39-15-5-6-16-40(39)32-49(45)53(48(43)30-34)47-21-10-9-19-44(46)47/h2-22,24-28,30-32H,1,23,29H2/b51-50-,52-46+. The second-order valence-corrected chi connectivity index (χ2v) is 13.8. The van der Waals surface area contributed by atoms with Crippen LogP contribution in [-0.2, 0) is 6.42 Å². The van der Waals surface area contributed by atoms with E-state index in [4.69, 9.17) is 9.98 Å². The van der Waals surface area contributed by atoms with E-state index in [-0.39, 0.29) is 0 Å². The number of hydrogen-bond donors (Lipinski definition) is 0. The van der Waals surface area contributed by atoms with Gasteiger partial charge in [-0.3, -0.25) is 0 Å². The van der Waals surface area contributed by atoms with Gasteiger partial charge in [-0.2, -0.15) is 0 Å². The Morgan fingerprint density at radius 2 is 1.17 bits per heavy atom. The van der Waals surface area contributed by atoms with Crippen LogP contribution in [0.5, 0.6) is 0 Å². The van der Waals surface area contributed by atoms with Gasteiger partial charge >= 0.3 is 0 Å². The smallest absolute Gasteiger partial charge is 0.160 e. The lowest BCUT2D eigenvalue weighted by molar-refractivity contribution is 1.04. The van der Waals surface area contributed by atoms with Crippen LogP contribution in [0.2, 0.25) is 0 Å². The molecule has 0 fully saturated rings. The van der Waals surface area contributed by atoms with Gasteiger partial charge in [0.1, 0.15) is 0 Å². The number of hydrogen-bond acceptors (Lipinski definition) is 1. The number of nitrogens with zero attached hydrogens (tertiary/aromatic N) is 3. The molecule has 10 rings (SSSR count). The lowest BCUT2D eigenvalue weighted by Gasteiger charge is -2.16. The molecular weight excluding hydrogens is 643 g/mol. The first-order valence-corrected chi connectivity index (χ1v) is 18.2. The fraction of sp³-hybridized carbons (Fsp3) is 0.0400. The molecule has 0 N–H and O–H groups in total. The summed E-state index contributed by atoms with van der Waals surface area (Å²) in [5.74, 6) is 0.646. The summed E-state index contributed by atoms with van der Waals surface area (Å²) in [5.41, 5.74) is 11.9. The third-order valence-corrected chi connectivity index (χ3v) is 10.6. The number of aromatic nitrogens is 1. The Morgan fingerprint density at radius 3 is 2.02 bits per heavy atom. The molecule has 2 bridgehead atoms. The van der Waals surface area contributed by atoms with Crippen LogP contribution in [0.1, 0.15) is 28.7 Å². The Labute approximate surface area is 308 Å². The molecule has 8 aromatic carbocycles. The first kappa shape index (κ1) is 30.9.